The second kappa shape index (κ2) is 8.22. The van der Waals surface area contributed by atoms with Gasteiger partial charge in [0.05, 0.1) is 13.7 Å². The van der Waals surface area contributed by atoms with Gasteiger partial charge in [-0.15, -0.1) is 0 Å². The van der Waals surface area contributed by atoms with Crippen LogP contribution in [-0.2, 0) is 16.1 Å². The highest BCUT2D eigenvalue weighted by atomic mass is 16.6. The molecular weight excluding hydrogens is 350 g/mol. The summed E-state index contributed by atoms with van der Waals surface area (Å²) in [5, 5.41) is 6.74. The highest BCUT2D eigenvalue weighted by Crippen LogP contribution is 2.16. The average molecular weight is 369 g/mol. The summed E-state index contributed by atoms with van der Waals surface area (Å²) in [6, 6.07) is 11.8. The van der Waals surface area contributed by atoms with Crippen molar-refractivity contribution in [1.29, 1.82) is 0 Å². The molecule has 2 aromatic heterocycles. The summed E-state index contributed by atoms with van der Waals surface area (Å²) in [5.41, 5.74) is 0.572. The molecule has 1 unspecified atom stereocenters. The van der Waals surface area contributed by atoms with E-state index in [1.165, 1.54) is 13.0 Å². The molecule has 0 saturated carbocycles. The SMILES string of the molecule is COc1ccc(NC(=O)C(C)OC(=O)c2ccc(Cn3cccn3)o2)cc1. The molecule has 8 heteroatoms. The van der Waals surface area contributed by atoms with E-state index in [4.69, 9.17) is 13.9 Å². The standard InChI is InChI=1S/C19H19N3O5/c1-13(18(23)21-14-4-6-15(25-2)7-5-14)26-19(24)17-9-8-16(27-17)12-22-11-3-10-20-22/h3-11,13H,12H2,1-2H3,(H,21,23). The first-order valence-corrected chi connectivity index (χ1v) is 8.27. The Bertz CT molecular complexity index is 900. The van der Waals surface area contributed by atoms with Crippen LogP contribution in [0.5, 0.6) is 5.75 Å². The van der Waals surface area contributed by atoms with Gasteiger partial charge in [0.15, 0.2) is 6.10 Å². The predicted molar refractivity (Wildman–Crippen MR) is 96.5 cm³/mol. The van der Waals surface area contributed by atoms with Crippen LogP contribution in [0.4, 0.5) is 5.69 Å². The fraction of sp³-hybridized carbons (Fsp3) is 0.211. The van der Waals surface area contributed by atoms with Crippen LogP contribution in [-0.4, -0.2) is 34.9 Å². The maximum atomic E-state index is 12.2. The van der Waals surface area contributed by atoms with Crippen molar-refractivity contribution in [1.82, 2.24) is 9.78 Å². The van der Waals surface area contributed by atoms with Crippen LogP contribution >= 0.6 is 0 Å². The monoisotopic (exact) mass is 369 g/mol. The summed E-state index contributed by atoms with van der Waals surface area (Å²) in [4.78, 5) is 24.4. The van der Waals surface area contributed by atoms with E-state index in [2.05, 4.69) is 10.4 Å². The van der Waals surface area contributed by atoms with Gasteiger partial charge in [-0.3, -0.25) is 9.48 Å². The van der Waals surface area contributed by atoms with Crippen LogP contribution in [0.15, 0.2) is 59.3 Å². The van der Waals surface area contributed by atoms with Crippen molar-refractivity contribution < 1.29 is 23.5 Å². The van der Waals surface area contributed by atoms with Gasteiger partial charge in [-0.2, -0.15) is 5.10 Å². The van der Waals surface area contributed by atoms with Gasteiger partial charge in [0.2, 0.25) is 5.76 Å². The van der Waals surface area contributed by atoms with E-state index in [-0.39, 0.29) is 5.76 Å². The minimum Gasteiger partial charge on any atom is -0.497 e. The first-order chi connectivity index (χ1) is 13.0. The third-order valence-electron chi connectivity index (χ3n) is 3.75. The number of anilines is 1. The van der Waals surface area contributed by atoms with Crippen molar-refractivity contribution >= 4 is 17.6 Å². The third-order valence-corrected chi connectivity index (χ3v) is 3.75. The number of nitrogens with zero attached hydrogens (tertiary/aromatic N) is 2. The van der Waals surface area contributed by atoms with Gasteiger partial charge >= 0.3 is 5.97 Å². The van der Waals surface area contributed by atoms with Crippen molar-refractivity contribution in [2.24, 2.45) is 0 Å². The van der Waals surface area contributed by atoms with E-state index in [0.29, 0.717) is 23.7 Å². The van der Waals surface area contributed by atoms with Crippen molar-refractivity contribution in [3.05, 3.63) is 66.4 Å². The van der Waals surface area contributed by atoms with E-state index < -0.39 is 18.0 Å². The zero-order valence-corrected chi connectivity index (χ0v) is 14.9. The summed E-state index contributed by atoms with van der Waals surface area (Å²) in [6.45, 7) is 1.89. The lowest BCUT2D eigenvalue weighted by molar-refractivity contribution is -0.123. The minimum absolute atomic E-state index is 0.0289. The molecule has 140 valence electrons. The fourth-order valence-electron chi connectivity index (χ4n) is 2.32. The van der Waals surface area contributed by atoms with Gasteiger partial charge in [0.25, 0.3) is 5.91 Å². The van der Waals surface area contributed by atoms with Crippen molar-refractivity contribution in [2.75, 3.05) is 12.4 Å². The third kappa shape index (κ3) is 4.75. The van der Waals surface area contributed by atoms with Crippen LogP contribution in [0.25, 0.3) is 0 Å². The summed E-state index contributed by atoms with van der Waals surface area (Å²) >= 11 is 0. The Morgan fingerprint density at radius 2 is 2.00 bits per heavy atom. The lowest BCUT2D eigenvalue weighted by atomic mass is 10.3. The van der Waals surface area contributed by atoms with Gasteiger partial charge in [0.1, 0.15) is 11.5 Å². The number of benzene rings is 1. The largest absolute Gasteiger partial charge is 0.497 e. The summed E-state index contributed by atoms with van der Waals surface area (Å²) < 4.78 is 17.4. The number of methoxy groups -OCH3 is 1. The molecule has 8 nitrogen and oxygen atoms in total. The smallest absolute Gasteiger partial charge is 0.375 e. The average Bonchev–Trinajstić information content (AvgIpc) is 3.35. The maximum Gasteiger partial charge on any atom is 0.375 e. The Morgan fingerprint density at radius 1 is 1.22 bits per heavy atom. The zero-order valence-electron chi connectivity index (χ0n) is 14.9. The van der Waals surface area contributed by atoms with E-state index in [9.17, 15) is 9.59 Å². The summed E-state index contributed by atoms with van der Waals surface area (Å²) in [6.07, 6.45) is 2.45. The van der Waals surface area contributed by atoms with E-state index in [0.717, 1.165) is 0 Å². The second-order valence-corrected chi connectivity index (χ2v) is 5.73. The fourth-order valence-corrected chi connectivity index (χ4v) is 2.32. The number of rotatable bonds is 7. The quantitative estimate of drug-likeness (QED) is 0.644. The number of aromatic nitrogens is 2. The van der Waals surface area contributed by atoms with E-state index in [1.54, 1.807) is 60.6 Å². The molecule has 0 aliphatic carbocycles. The molecule has 0 aliphatic heterocycles. The zero-order chi connectivity index (χ0) is 19.2. The molecule has 0 radical (unpaired) electrons. The molecule has 1 amide bonds. The molecule has 3 aromatic rings. The number of carbonyl (C=O) groups excluding carboxylic acids is 2. The molecule has 0 spiro atoms. The first kappa shape index (κ1) is 18.2. The van der Waals surface area contributed by atoms with Crippen LogP contribution in [0.1, 0.15) is 23.2 Å². The van der Waals surface area contributed by atoms with Crippen molar-refractivity contribution in [3.63, 3.8) is 0 Å². The van der Waals surface area contributed by atoms with Crippen LogP contribution in [0, 0.1) is 0 Å². The Kier molecular flexibility index (Phi) is 5.55. The molecule has 27 heavy (non-hydrogen) atoms. The number of carbonyl (C=O) groups is 2. The minimum atomic E-state index is -0.987. The number of hydrogen-bond acceptors (Lipinski definition) is 6. The predicted octanol–water partition coefficient (Wildman–Crippen LogP) is 2.72. The molecule has 3 rings (SSSR count). The number of amides is 1. The number of esters is 1. The van der Waals surface area contributed by atoms with Crippen molar-refractivity contribution in [3.8, 4) is 5.75 Å². The summed E-state index contributed by atoms with van der Waals surface area (Å²) in [5.74, 6) is 0.106. The Balaban J connectivity index is 1.54. The van der Waals surface area contributed by atoms with Gasteiger partial charge in [0, 0.05) is 18.1 Å². The number of ether oxygens (including phenoxy) is 2. The highest BCUT2D eigenvalue weighted by Gasteiger charge is 2.21. The molecule has 1 aromatic carbocycles. The van der Waals surface area contributed by atoms with Gasteiger partial charge in [-0.25, -0.2) is 4.79 Å². The van der Waals surface area contributed by atoms with Crippen LogP contribution < -0.4 is 10.1 Å². The molecule has 0 aliphatic rings. The molecule has 1 atom stereocenters. The maximum absolute atomic E-state index is 12.2. The van der Waals surface area contributed by atoms with Crippen molar-refractivity contribution in [2.45, 2.75) is 19.6 Å². The van der Waals surface area contributed by atoms with Crippen LogP contribution in [0.3, 0.4) is 0 Å². The summed E-state index contributed by atoms with van der Waals surface area (Å²) in [7, 11) is 1.56. The molecule has 0 saturated heterocycles. The topological polar surface area (TPSA) is 95.6 Å². The molecule has 1 N–H and O–H groups in total. The number of nitrogens with one attached hydrogen (secondary N) is 1. The van der Waals surface area contributed by atoms with Gasteiger partial charge in [-0.1, -0.05) is 0 Å². The second-order valence-electron chi connectivity index (χ2n) is 5.73. The van der Waals surface area contributed by atoms with Crippen LogP contribution in [0.2, 0.25) is 0 Å². The van der Waals surface area contributed by atoms with E-state index in [1.807, 2.05) is 0 Å². The Hall–Kier alpha value is -3.55. The molecular formula is C19H19N3O5. The van der Waals surface area contributed by atoms with Gasteiger partial charge in [-0.05, 0) is 49.4 Å². The van der Waals surface area contributed by atoms with E-state index >= 15 is 0 Å². The number of furan rings is 1. The highest BCUT2D eigenvalue weighted by molar-refractivity contribution is 5.96. The first-order valence-electron chi connectivity index (χ1n) is 8.27. The normalized spacial score (nSPS) is 11.6. The lowest BCUT2D eigenvalue weighted by Crippen LogP contribution is -2.29. The number of hydrogen-bond donors (Lipinski definition) is 1. The molecule has 2 heterocycles. The molecule has 0 bridgehead atoms. The Morgan fingerprint density at radius 3 is 2.67 bits per heavy atom. The lowest BCUT2D eigenvalue weighted by Gasteiger charge is -2.13. The Labute approximate surface area is 155 Å². The molecule has 0 fully saturated rings. The van der Waals surface area contributed by atoms with Gasteiger partial charge < -0.3 is 19.2 Å².